The molecule has 2 aromatic heterocycles. The van der Waals surface area contributed by atoms with Crippen molar-refractivity contribution in [2.45, 2.75) is 6.54 Å². The van der Waals surface area contributed by atoms with E-state index in [9.17, 15) is 4.79 Å². The summed E-state index contributed by atoms with van der Waals surface area (Å²) >= 11 is 11.8. The van der Waals surface area contributed by atoms with Crippen LogP contribution in [0.15, 0.2) is 34.9 Å². The third kappa shape index (κ3) is 3.32. The van der Waals surface area contributed by atoms with Crippen molar-refractivity contribution in [3.63, 3.8) is 0 Å². The molecule has 0 bridgehead atoms. The smallest absolute Gasteiger partial charge is 0.275 e. The van der Waals surface area contributed by atoms with E-state index in [0.717, 1.165) is 0 Å². The van der Waals surface area contributed by atoms with Crippen LogP contribution in [0.5, 0.6) is 0 Å². The van der Waals surface area contributed by atoms with Gasteiger partial charge in [-0.15, -0.1) is 6.42 Å². The molecule has 0 radical (unpaired) electrons. The van der Waals surface area contributed by atoms with Crippen molar-refractivity contribution < 1.29 is 9.21 Å². The standard InChI is InChI=1S/C14H10Cl2N2O2/c1-2-7-18(9-10-4-3-8-20-10)14(19)13-11(15)5-6-12(16)17-13/h1,3-6,8H,7,9H2. The molecule has 0 spiro atoms. The van der Waals surface area contributed by atoms with Gasteiger partial charge in [-0.3, -0.25) is 4.79 Å². The van der Waals surface area contributed by atoms with E-state index in [1.807, 2.05) is 0 Å². The summed E-state index contributed by atoms with van der Waals surface area (Å²) in [6.45, 7) is 0.352. The number of hydrogen-bond donors (Lipinski definition) is 0. The van der Waals surface area contributed by atoms with E-state index in [4.69, 9.17) is 34.0 Å². The molecular formula is C14H10Cl2N2O2. The molecule has 2 aromatic rings. The van der Waals surface area contributed by atoms with E-state index >= 15 is 0 Å². The number of rotatable bonds is 4. The predicted octanol–water partition coefficient (Wildman–Crippen LogP) is 3.26. The highest BCUT2D eigenvalue weighted by molar-refractivity contribution is 6.34. The second-order valence-corrected chi connectivity index (χ2v) is 4.70. The number of nitrogens with zero attached hydrogens (tertiary/aromatic N) is 2. The molecule has 0 unspecified atom stereocenters. The predicted molar refractivity (Wildman–Crippen MR) is 76.5 cm³/mol. The van der Waals surface area contributed by atoms with Crippen LogP contribution in [0.3, 0.4) is 0 Å². The molecule has 0 saturated carbocycles. The summed E-state index contributed by atoms with van der Waals surface area (Å²) < 4.78 is 5.21. The van der Waals surface area contributed by atoms with Crippen LogP contribution in [0.25, 0.3) is 0 Å². The zero-order chi connectivity index (χ0) is 14.5. The maximum Gasteiger partial charge on any atom is 0.275 e. The lowest BCUT2D eigenvalue weighted by Gasteiger charge is -2.19. The van der Waals surface area contributed by atoms with E-state index in [1.165, 1.54) is 23.3 Å². The van der Waals surface area contributed by atoms with Gasteiger partial charge in [-0.25, -0.2) is 4.98 Å². The van der Waals surface area contributed by atoms with Crippen molar-refractivity contribution in [1.82, 2.24) is 9.88 Å². The van der Waals surface area contributed by atoms with Gasteiger partial charge in [-0.05, 0) is 24.3 Å². The summed E-state index contributed by atoms with van der Waals surface area (Å²) in [6.07, 6.45) is 6.81. The number of carbonyl (C=O) groups excluding carboxylic acids is 1. The van der Waals surface area contributed by atoms with Crippen molar-refractivity contribution in [1.29, 1.82) is 0 Å². The Balaban J connectivity index is 2.27. The first-order valence-corrected chi connectivity index (χ1v) is 6.44. The van der Waals surface area contributed by atoms with Crippen LogP contribution in [0.1, 0.15) is 16.2 Å². The van der Waals surface area contributed by atoms with Crippen LogP contribution in [0, 0.1) is 12.3 Å². The number of pyridine rings is 1. The van der Waals surface area contributed by atoms with Crippen molar-refractivity contribution in [3.05, 3.63) is 52.2 Å². The molecule has 4 nitrogen and oxygen atoms in total. The second kappa shape index (κ2) is 6.47. The Bertz CT molecular complexity index is 648. The molecule has 2 rings (SSSR count). The lowest BCUT2D eigenvalue weighted by atomic mass is 10.3. The lowest BCUT2D eigenvalue weighted by molar-refractivity contribution is 0.0749. The minimum Gasteiger partial charge on any atom is -0.467 e. The van der Waals surface area contributed by atoms with Crippen LogP contribution in [-0.4, -0.2) is 22.3 Å². The monoisotopic (exact) mass is 308 g/mol. The molecule has 2 heterocycles. The summed E-state index contributed by atoms with van der Waals surface area (Å²) in [7, 11) is 0. The second-order valence-electron chi connectivity index (χ2n) is 3.91. The number of terminal acetylenes is 1. The average molecular weight is 309 g/mol. The maximum atomic E-state index is 12.4. The Morgan fingerprint density at radius 3 is 2.85 bits per heavy atom. The van der Waals surface area contributed by atoms with Crippen LogP contribution >= 0.6 is 23.2 Å². The van der Waals surface area contributed by atoms with Crippen molar-refractivity contribution in [2.75, 3.05) is 6.54 Å². The maximum absolute atomic E-state index is 12.4. The number of furan rings is 1. The molecule has 102 valence electrons. The summed E-state index contributed by atoms with van der Waals surface area (Å²) in [5.74, 6) is 2.65. The molecule has 0 aliphatic rings. The fourth-order valence-electron chi connectivity index (χ4n) is 1.62. The van der Waals surface area contributed by atoms with Gasteiger partial charge < -0.3 is 9.32 Å². The third-order valence-electron chi connectivity index (χ3n) is 2.51. The molecule has 0 aliphatic heterocycles. The summed E-state index contributed by atoms with van der Waals surface area (Å²) in [6, 6.07) is 6.52. The number of amides is 1. The Kier molecular flexibility index (Phi) is 4.67. The average Bonchev–Trinajstić information content (AvgIpc) is 2.93. The fourth-order valence-corrected chi connectivity index (χ4v) is 1.95. The zero-order valence-corrected chi connectivity index (χ0v) is 11.9. The Labute approximate surface area is 126 Å². The van der Waals surface area contributed by atoms with Gasteiger partial charge in [0.25, 0.3) is 5.91 Å². The van der Waals surface area contributed by atoms with Crippen LogP contribution in [-0.2, 0) is 6.54 Å². The van der Waals surface area contributed by atoms with Crippen molar-refractivity contribution >= 4 is 29.1 Å². The van der Waals surface area contributed by atoms with E-state index in [-0.39, 0.29) is 29.0 Å². The Hall–Kier alpha value is -1.96. The molecule has 0 fully saturated rings. The SMILES string of the molecule is C#CCN(Cc1ccco1)C(=O)c1nc(Cl)ccc1Cl. The number of halogens is 2. The molecule has 0 aromatic carbocycles. The van der Waals surface area contributed by atoms with Gasteiger partial charge in [-0.1, -0.05) is 29.1 Å². The first-order chi connectivity index (χ1) is 9.61. The van der Waals surface area contributed by atoms with Gasteiger partial charge in [-0.2, -0.15) is 0 Å². The Morgan fingerprint density at radius 2 is 2.20 bits per heavy atom. The van der Waals surface area contributed by atoms with Crippen molar-refractivity contribution in [2.24, 2.45) is 0 Å². The molecular weight excluding hydrogens is 299 g/mol. The van der Waals surface area contributed by atoms with E-state index in [2.05, 4.69) is 10.9 Å². The van der Waals surface area contributed by atoms with Gasteiger partial charge in [0, 0.05) is 0 Å². The summed E-state index contributed by atoms with van der Waals surface area (Å²) in [4.78, 5) is 17.8. The third-order valence-corrected chi connectivity index (χ3v) is 3.03. The first kappa shape index (κ1) is 14.4. The highest BCUT2D eigenvalue weighted by Gasteiger charge is 2.20. The van der Waals surface area contributed by atoms with Gasteiger partial charge in [0.1, 0.15) is 16.6 Å². The largest absolute Gasteiger partial charge is 0.467 e. The topological polar surface area (TPSA) is 46.3 Å². The highest BCUT2D eigenvalue weighted by atomic mass is 35.5. The molecule has 6 heteroatoms. The highest BCUT2D eigenvalue weighted by Crippen LogP contribution is 2.19. The zero-order valence-electron chi connectivity index (χ0n) is 10.3. The van der Waals surface area contributed by atoms with Gasteiger partial charge in [0.2, 0.25) is 0 Å². The lowest BCUT2D eigenvalue weighted by Crippen LogP contribution is -2.31. The molecule has 0 atom stereocenters. The van der Waals surface area contributed by atoms with Crippen LogP contribution < -0.4 is 0 Å². The molecule has 20 heavy (non-hydrogen) atoms. The van der Waals surface area contributed by atoms with Crippen LogP contribution in [0.4, 0.5) is 0 Å². The molecule has 1 amide bonds. The minimum absolute atomic E-state index is 0.0703. The molecule has 0 N–H and O–H groups in total. The quantitative estimate of drug-likeness (QED) is 0.643. The fraction of sp³-hybridized carbons (Fsp3) is 0.143. The Morgan fingerprint density at radius 1 is 1.40 bits per heavy atom. The van der Waals surface area contributed by atoms with Gasteiger partial charge in [0.05, 0.1) is 24.4 Å². The van der Waals surface area contributed by atoms with Crippen LogP contribution in [0.2, 0.25) is 10.2 Å². The van der Waals surface area contributed by atoms with E-state index < -0.39 is 5.91 Å². The van der Waals surface area contributed by atoms with E-state index in [0.29, 0.717) is 5.76 Å². The number of hydrogen-bond acceptors (Lipinski definition) is 3. The number of carbonyl (C=O) groups is 1. The van der Waals surface area contributed by atoms with Crippen molar-refractivity contribution in [3.8, 4) is 12.3 Å². The van der Waals surface area contributed by atoms with Gasteiger partial charge >= 0.3 is 0 Å². The summed E-state index contributed by atoms with van der Waals surface area (Å²) in [5, 5.41) is 0.414. The molecule has 0 aliphatic carbocycles. The van der Waals surface area contributed by atoms with E-state index in [1.54, 1.807) is 12.1 Å². The molecule has 0 saturated heterocycles. The normalized spacial score (nSPS) is 10.1. The summed E-state index contributed by atoms with van der Waals surface area (Å²) in [5.41, 5.74) is 0.0703. The van der Waals surface area contributed by atoms with Gasteiger partial charge in [0.15, 0.2) is 0 Å². The number of aromatic nitrogens is 1. The first-order valence-electron chi connectivity index (χ1n) is 5.69. The minimum atomic E-state index is -0.396.